The fourth-order valence-corrected chi connectivity index (χ4v) is 11.5. The van der Waals surface area contributed by atoms with Gasteiger partial charge in [0.1, 0.15) is 53.2 Å². The summed E-state index contributed by atoms with van der Waals surface area (Å²) in [7, 11) is -14.1. The molecular weight excluding hydrogens is 1250 g/mol. The molecule has 5 aromatic rings. The zero-order chi connectivity index (χ0) is 62.9. The van der Waals surface area contributed by atoms with Gasteiger partial charge >= 0.3 is 32.2 Å². The minimum atomic E-state index is -5.26. The maximum absolute atomic E-state index is 15.7. The van der Waals surface area contributed by atoms with Crippen LogP contribution in [0.3, 0.4) is 0 Å². The second-order valence-corrected chi connectivity index (χ2v) is 26.9. The van der Waals surface area contributed by atoms with Crippen molar-refractivity contribution in [1.82, 2.24) is 39.5 Å². The number of aliphatic carboxylic acids is 1. The molecule has 0 radical (unpaired) electrons. The first-order valence-electron chi connectivity index (χ1n) is 24.7. The van der Waals surface area contributed by atoms with Gasteiger partial charge in [0.2, 0.25) is 28.6 Å². The van der Waals surface area contributed by atoms with Crippen molar-refractivity contribution in [2.24, 2.45) is 11.3 Å². The Hall–Kier alpha value is -6.89. The van der Waals surface area contributed by atoms with Gasteiger partial charge in [0.15, 0.2) is 15.5 Å². The summed E-state index contributed by atoms with van der Waals surface area (Å²) in [6.45, 7) is -3.88. The molecule has 8 rings (SSSR count). The van der Waals surface area contributed by atoms with Crippen LogP contribution in [0, 0.1) is 34.8 Å². The Kier molecular flexibility index (Phi) is 17.2. The molecule has 5 N–H and O–H groups in total. The monoisotopic (exact) mass is 1290 g/mol. The number of sulfone groups is 1. The Bertz CT molecular complexity index is 3900. The topological polar surface area (TPSA) is 309 Å². The van der Waals surface area contributed by atoms with Crippen LogP contribution in [0.1, 0.15) is 91.1 Å². The van der Waals surface area contributed by atoms with Crippen LogP contribution in [0.25, 0.3) is 22.0 Å². The Morgan fingerprint density at radius 2 is 1.60 bits per heavy atom. The van der Waals surface area contributed by atoms with E-state index in [9.17, 15) is 80.8 Å². The summed E-state index contributed by atoms with van der Waals surface area (Å²) >= 11 is 6.64. The van der Waals surface area contributed by atoms with Crippen molar-refractivity contribution >= 4 is 74.1 Å². The maximum Gasteiger partial charge on any atom is 0.472 e. The third kappa shape index (κ3) is 14.9. The fraction of sp³-hybridized carbons (Fsp3) is 0.449. The van der Waals surface area contributed by atoms with Crippen LogP contribution in [-0.2, 0) is 85.4 Å². The largest absolute Gasteiger partial charge is 0.480 e. The normalized spacial score (nSPS) is 17.5. The lowest BCUT2D eigenvalue weighted by atomic mass is 9.93. The minimum absolute atomic E-state index is 0.0923. The second kappa shape index (κ2) is 22.8. The highest BCUT2D eigenvalue weighted by Gasteiger charge is 2.68. The number of aromatic nitrogens is 5. The van der Waals surface area contributed by atoms with Crippen molar-refractivity contribution in [3.05, 3.63) is 98.7 Å². The van der Waals surface area contributed by atoms with Crippen LogP contribution in [0.4, 0.5) is 48.7 Å². The summed E-state index contributed by atoms with van der Waals surface area (Å²) < 4.78 is 221. The summed E-state index contributed by atoms with van der Waals surface area (Å²) in [6.07, 6.45) is -12.6. The lowest BCUT2D eigenvalue weighted by Crippen LogP contribution is -2.42. The van der Waals surface area contributed by atoms with Crippen LogP contribution in [-0.4, -0.2) is 122 Å². The second-order valence-electron chi connectivity index (χ2n) is 21.0. The molecule has 3 aliphatic carbocycles. The van der Waals surface area contributed by atoms with Crippen molar-refractivity contribution in [2.75, 3.05) is 26.1 Å². The van der Waals surface area contributed by atoms with E-state index in [2.05, 4.69) is 41.6 Å². The van der Waals surface area contributed by atoms with Crippen molar-refractivity contribution in [3.8, 4) is 23.0 Å². The molecule has 85 heavy (non-hydrogen) atoms. The molecule has 0 aliphatic heterocycles. The molecule has 0 spiro atoms. The number of rotatable bonds is 21. The van der Waals surface area contributed by atoms with Gasteiger partial charge in [0.25, 0.3) is 5.92 Å². The molecule has 3 atom stereocenters. The number of fused-ring (bicyclic) bond motifs is 4. The Morgan fingerprint density at radius 1 is 0.953 bits per heavy atom. The van der Waals surface area contributed by atoms with E-state index in [0.717, 1.165) is 42.7 Å². The van der Waals surface area contributed by atoms with Crippen molar-refractivity contribution < 1.29 is 109 Å². The van der Waals surface area contributed by atoms with E-state index >= 15 is 8.78 Å². The smallest absolute Gasteiger partial charge is 0.472 e. The number of amides is 3. The molecular formula is C49H46ClF10N8O14PS2. The number of hydrogen-bond donors (Lipinski definition) is 5. The van der Waals surface area contributed by atoms with Gasteiger partial charge in [-0.25, -0.2) is 44.5 Å². The number of halogens is 11. The van der Waals surface area contributed by atoms with E-state index < -0.39 is 205 Å². The number of ether oxygens (including phenoxy) is 1. The minimum Gasteiger partial charge on any atom is -0.480 e. The summed E-state index contributed by atoms with van der Waals surface area (Å²) in [5.74, 6) is -9.59. The van der Waals surface area contributed by atoms with Gasteiger partial charge in [-0.1, -0.05) is 23.6 Å². The van der Waals surface area contributed by atoms with Crippen molar-refractivity contribution in [1.29, 1.82) is 0 Å². The predicted octanol–water partition coefficient (Wildman–Crippen LogP) is 7.00. The number of phosphoric ester groups is 1. The Balaban J connectivity index is 1.20. The average Bonchev–Trinajstić information content (AvgIpc) is 1.53. The van der Waals surface area contributed by atoms with Crippen LogP contribution < -0.4 is 10.0 Å². The zero-order valence-corrected chi connectivity index (χ0v) is 47.3. The lowest BCUT2D eigenvalue weighted by Gasteiger charge is -2.25. The average molecular weight is 1290 g/mol. The highest BCUT2D eigenvalue weighted by atomic mass is 35.5. The molecule has 3 heterocycles. The van der Waals surface area contributed by atoms with Crippen LogP contribution in [0.5, 0.6) is 0 Å². The van der Waals surface area contributed by atoms with E-state index in [1.807, 2.05) is 0 Å². The van der Waals surface area contributed by atoms with E-state index in [1.54, 1.807) is 4.72 Å². The number of carboxylic acids is 1. The highest BCUT2D eigenvalue weighted by molar-refractivity contribution is 7.92. The van der Waals surface area contributed by atoms with Crippen molar-refractivity contribution in [2.45, 2.75) is 99.8 Å². The number of benzene rings is 2. The van der Waals surface area contributed by atoms with E-state index in [4.69, 9.17) is 21.4 Å². The van der Waals surface area contributed by atoms with Gasteiger partial charge in [-0.15, -0.1) is 0 Å². The van der Waals surface area contributed by atoms with Gasteiger partial charge in [0.05, 0.1) is 28.0 Å². The molecule has 2 saturated carbocycles. The standard InChI is InChI=1S/C49H46ClF10N8O14PS2/c1-45(2,84(3,77)78)9-8-27-4-5-28(40(61-27)33(14-24-12-25(51)15-26(52)13-24)62-36(70)18-67-43-38(42(64-67)49(58,59)60)30-16-31(30)48(43,56)57)29-6-7-32(50)39-34(63-68(41(29)39)22-47(53,54)55)20-85(79,80)65-35(69)17-46(10-11-46)21-66(19-37(71)72)44(73)81-23-82-83(74,75)76/h4-7,12-13,15,30-31,33H,10-11,14,16-23H2,1-3H3,(H,62,70)(H,65,69)(H,71,72)(H2,74,75,76)/t30-,31+,33-/m0/s1. The summed E-state index contributed by atoms with van der Waals surface area (Å²) in [5, 5.41) is 18.1. The summed E-state index contributed by atoms with van der Waals surface area (Å²) in [6, 6.07) is 4.55. The van der Waals surface area contributed by atoms with Crippen LogP contribution >= 0.6 is 19.4 Å². The number of sulfonamides is 1. The maximum atomic E-state index is 15.7. The molecule has 0 saturated heterocycles. The first-order chi connectivity index (χ1) is 39.1. The van der Waals surface area contributed by atoms with Gasteiger partial charge in [-0.05, 0) is 92.7 Å². The van der Waals surface area contributed by atoms with Gasteiger partial charge < -0.3 is 24.9 Å². The third-order valence-electron chi connectivity index (χ3n) is 14.0. The molecule has 2 aromatic carbocycles. The van der Waals surface area contributed by atoms with Gasteiger partial charge in [0, 0.05) is 53.3 Å². The number of pyridine rings is 1. The molecule has 0 bridgehead atoms. The molecule has 3 aliphatic rings. The number of carbonyl (C=O) groups excluding carboxylic acids is 3. The SMILES string of the molecule is CC(C)(C#Cc1ccc(-c2ccc(Cl)c3c(CS(=O)(=O)NC(=O)CC4(CN(CC(=O)O)C(=O)OCOP(=O)(O)O)CC4)nn(CC(F)(F)F)c23)c([C@H](Cc2cc(F)cc(F)c2)NC(=O)Cn2nc(C(F)(F)F)c3c2C(F)(F)[C@@H]2C[C@H]32)n1)S(C)(=O)=O. The van der Waals surface area contributed by atoms with Crippen LogP contribution in [0.15, 0.2) is 42.5 Å². The van der Waals surface area contributed by atoms with Gasteiger partial charge in [-0.3, -0.25) is 33.4 Å². The summed E-state index contributed by atoms with van der Waals surface area (Å²) in [4.78, 5) is 74.7. The van der Waals surface area contributed by atoms with Gasteiger partial charge in [-0.2, -0.15) is 45.3 Å². The number of carbonyl (C=O) groups is 4. The van der Waals surface area contributed by atoms with E-state index in [0.29, 0.717) is 11.0 Å². The molecule has 36 heteroatoms. The quantitative estimate of drug-likeness (QED) is 0.0214. The number of hydrogen-bond acceptors (Lipinski definition) is 14. The Morgan fingerprint density at radius 3 is 2.19 bits per heavy atom. The van der Waals surface area contributed by atoms with E-state index in [-0.39, 0.29) is 51.0 Å². The Labute approximate surface area is 479 Å². The molecule has 3 aromatic heterocycles. The fourth-order valence-electron chi connectivity index (χ4n) is 9.78. The molecule has 0 unspecified atom stereocenters. The predicted molar refractivity (Wildman–Crippen MR) is 273 cm³/mol. The molecule has 460 valence electrons. The number of carboxylic acid groups (broad SMARTS) is 1. The molecule has 3 amide bonds. The van der Waals surface area contributed by atoms with Crippen LogP contribution in [0.2, 0.25) is 5.02 Å². The lowest BCUT2D eigenvalue weighted by molar-refractivity contribution is -0.143. The molecule has 22 nitrogen and oxygen atoms in total. The number of phosphoric acid groups is 1. The highest BCUT2D eigenvalue weighted by Crippen LogP contribution is 2.68. The first-order valence-corrected chi connectivity index (χ1v) is 30.2. The number of nitrogens with one attached hydrogen (secondary N) is 2. The summed E-state index contributed by atoms with van der Waals surface area (Å²) in [5.41, 5.74) is -8.15. The first kappa shape index (κ1) is 64.1. The number of alkyl halides is 8. The third-order valence-corrected chi connectivity index (χ3v) is 17.9. The molecule has 2 fully saturated rings. The number of nitrogens with zero attached hydrogens (tertiary/aromatic N) is 6. The van der Waals surface area contributed by atoms with Crippen molar-refractivity contribution in [3.63, 3.8) is 0 Å². The van der Waals surface area contributed by atoms with E-state index in [1.165, 1.54) is 13.8 Å². The zero-order valence-electron chi connectivity index (χ0n) is 44.0.